The maximum atomic E-state index is 12.9. The summed E-state index contributed by atoms with van der Waals surface area (Å²) >= 11 is 0. The molecule has 0 spiro atoms. The minimum Gasteiger partial charge on any atom is -0.395 e. The quantitative estimate of drug-likeness (QED) is 0.917. The van der Waals surface area contributed by atoms with Crippen LogP contribution in [0.3, 0.4) is 0 Å². The Morgan fingerprint density at radius 3 is 2.48 bits per heavy atom. The molecule has 1 N–H and O–H groups in total. The van der Waals surface area contributed by atoms with Crippen molar-refractivity contribution in [3.63, 3.8) is 0 Å². The van der Waals surface area contributed by atoms with Gasteiger partial charge in [0.25, 0.3) is 0 Å². The zero-order valence-electron chi connectivity index (χ0n) is 14.1. The molecule has 0 bridgehead atoms. The number of nitrogens with zero attached hydrogens (tertiary/aromatic N) is 3. The van der Waals surface area contributed by atoms with Gasteiger partial charge in [-0.1, -0.05) is 13.0 Å². The molecular weight excluding hydrogens is 331 g/mol. The van der Waals surface area contributed by atoms with E-state index in [9.17, 15) is 18.3 Å². The van der Waals surface area contributed by atoms with E-state index < -0.39 is 11.7 Å². The summed E-state index contributed by atoms with van der Waals surface area (Å²) in [6, 6.07) is 5.76. The molecule has 0 saturated carbocycles. The fourth-order valence-electron chi connectivity index (χ4n) is 3.42. The normalized spacial score (nSPS) is 17.9. The number of halogens is 3. The predicted octanol–water partition coefficient (Wildman–Crippen LogP) is 3.15. The number of piperazine rings is 1. The fraction of sp³-hybridized carbons (Fsp3) is 0.500. The van der Waals surface area contributed by atoms with Crippen LogP contribution in [0.1, 0.15) is 18.9 Å². The lowest BCUT2D eigenvalue weighted by Crippen LogP contribution is -2.51. The molecular formula is C18H22F3N3O. The minimum absolute atomic E-state index is 0.148. The maximum Gasteiger partial charge on any atom is 0.416 e. The van der Waals surface area contributed by atoms with Gasteiger partial charge in [-0.15, -0.1) is 0 Å². The summed E-state index contributed by atoms with van der Waals surface area (Å²) in [6.45, 7) is 5.40. The Hall–Kier alpha value is -1.86. The van der Waals surface area contributed by atoms with Gasteiger partial charge in [-0.05, 0) is 24.6 Å². The Morgan fingerprint density at radius 2 is 1.88 bits per heavy atom. The van der Waals surface area contributed by atoms with Gasteiger partial charge < -0.3 is 10.0 Å². The van der Waals surface area contributed by atoms with Crippen molar-refractivity contribution in [1.29, 1.82) is 0 Å². The third kappa shape index (κ3) is 3.72. The topological polar surface area (TPSA) is 39.6 Å². The number of hydrogen-bond acceptors (Lipinski definition) is 4. The van der Waals surface area contributed by atoms with E-state index in [0.29, 0.717) is 5.52 Å². The van der Waals surface area contributed by atoms with Crippen LogP contribution in [0.5, 0.6) is 0 Å². The van der Waals surface area contributed by atoms with Crippen LogP contribution in [-0.2, 0) is 6.18 Å². The Morgan fingerprint density at radius 1 is 1.16 bits per heavy atom. The standard InChI is InChI=1S/C18H22F3N3O/c1-2-14(12-25)23-7-9-24(10-8-23)17-5-6-22-16-11-13(18(19,20)21)3-4-15(16)17/h3-6,11,14,25H,2,7-10,12H2,1H3. The number of anilines is 1. The molecule has 25 heavy (non-hydrogen) atoms. The average Bonchev–Trinajstić information content (AvgIpc) is 2.61. The van der Waals surface area contributed by atoms with Crippen molar-refractivity contribution in [2.24, 2.45) is 0 Å². The summed E-state index contributed by atoms with van der Waals surface area (Å²) in [5, 5.41) is 10.2. The number of pyridine rings is 1. The van der Waals surface area contributed by atoms with E-state index in [-0.39, 0.29) is 12.6 Å². The third-order valence-corrected chi connectivity index (χ3v) is 4.90. The monoisotopic (exact) mass is 353 g/mol. The second kappa shape index (κ2) is 7.17. The molecule has 1 aromatic heterocycles. The molecule has 1 atom stereocenters. The number of hydrogen-bond donors (Lipinski definition) is 1. The van der Waals surface area contributed by atoms with Crippen LogP contribution in [0, 0.1) is 0 Å². The van der Waals surface area contributed by atoms with E-state index in [2.05, 4.69) is 21.7 Å². The van der Waals surface area contributed by atoms with E-state index in [4.69, 9.17) is 0 Å². The first-order chi connectivity index (χ1) is 11.9. The van der Waals surface area contributed by atoms with Crippen LogP contribution in [0.25, 0.3) is 10.9 Å². The molecule has 2 aromatic rings. The van der Waals surface area contributed by atoms with Gasteiger partial charge in [-0.25, -0.2) is 0 Å². The molecule has 1 aliphatic heterocycles. The highest BCUT2D eigenvalue weighted by Gasteiger charge is 2.31. The van der Waals surface area contributed by atoms with Crippen LogP contribution in [-0.4, -0.2) is 53.8 Å². The molecule has 4 nitrogen and oxygen atoms in total. The molecule has 0 radical (unpaired) electrons. The van der Waals surface area contributed by atoms with Gasteiger partial charge in [0.05, 0.1) is 17.7 Å². The van der Waals surface area contributed by atoms with Crippen LogP contribution in [0.4, 0.5) is 18.9 Å². The number of rotatable bonds is 4. The van der Waals surface area contributed by atoms with Crippen molar-refractivity contribution in [3.05, 3.63) is 36.0 Å². The lowest BCUT2D eigenvalue weighted by Gasteiger charge is -2.39. The number of aliphatic hydroxyl groups is 1. The second-order valence-electron chi connectivity index (χ2n) is 6.33. The molecule has 1 aliphatic rings. The number of fused-ring (bicyclic) bond motifs is 1. The summed E-state index contributed by atoms with van der Waals surface area (Å²) in [6.07, 6.45) is -1.90. The van der Waals surface area contributed by atoms with E-state index in [0.717, 1.165) is 55.8 Å². The zero-order chi connectivity index (χ0) is 18.0. The Bertz CT molecular complexity index is 723. The molecule has 1 aromatic carbocycles. The Balaban J connectivity index is 1.83. The van der Waals surface area contributed by atoms with Gasteiger partial charge in [-0.2, -0.15) is 13.2 Å². The van der Waals surface area contributed by atoms with E-state index in [1.54, 1.807) is 6.20 Å². The number of alkyl halides is 3. The molecule has 1 saturated heterocycles. The van der Waals surface area contributed by atoms with Crippen LogP contribution >= 0.6 is 0 Å². The number of aliphatic hydroxyl groups excluding tert-OH is 1. The largest absolute Gasteiger partial charge is 0.416 e. The summed E-state index contributed by atoms with van der Waals surface area (Å²) in [7, 11) is 0. The van der Waals surface area contributed by atoms with Crippen molar-refractivity contribution >= 4 is 16.6 Å². The van der Waals surface area contributed by atoms with Gasteiger partial charge >= 0.3 is 6.18 Å². The summed E-state index contributed by atoms with van der Waals surface area (Å²) in [4.78, 5) is 8.55. The van der Waals surface area contributed by atoms with E-state index in [1.165, 1.54) is 6.07 Å². The van der Waals surface area contributed by atoms with Gasteiger partial charge in [0.15, 0.2) is 0 Å². The Kier molecular flexibility index (Phi) is 5.15. The van der Waals surface area contributed by atoms with Crippen molar-refractivity contribution in [2.45, 2.75) is 25.6 Å². The molecule has 0 amide bonds. The molecule has 2 heterocycles. The summed E-state index contributed by atoms with van der Waals surface area (Å²) < 4.78 is 38.7. The van der Waals surface area contributed by atoms with Gasteiger partial charge in [0.1, 0.15) is 0 Å². The minimum atomic E-state index is -4.36. The molecule has 136 valence electrons. The fourth-order valence-corrected chi connectivity index (χ4v) is 3.42. The molecule has 3 rings (SSSR count). The molecule has 1 unspecified atom stereocenters. The Labute approximate surface area is 144 Å². The first-order valence-corrected chi connectivity index (χ1v) is 8.50. The van der Waals surface area contributed by atoms with Crippen molar-refractivity contribution in [1.82, 2.24) is 9.88 Å². The van der Waals surface area contributed by atoms with E-state index in [1.807, 2.05) is 6.07 Å². The lowest BCUT2D eigenvalue weighted by atomic mass is 10.1. The number of aromatic nitrogens is 1. The SMILES string of the molecule is CCC(CO)N1CCN(c2ccnc3cc(C(F)(F)F)ccc23)CC1. The highest BCUT2D eigenvalue weighted by molar-refractivity contribution is 5.92. The van der Waals surface area contributed by atoms with E-state index >= 15 is 0 Å². The van der Waals surface area contributed by atoms with Gasteiger partial charge in [0, 0.05) is 49.5 Å². The third-order valence-electron chi connectivity index (χ3n) is 4.90. The van der Waals surface area contributed by atoms with Crippen molar-refractivity contribution in [3.8, 4) is 0 Å². The van der Waals surface area contributed by atoms with Crippen LogP contribution < -0.4 is 4.90 Å². The lowest BCUT2D eigenvalue weighted by molar-refractivity contribution is -0.137. The molecule has 7 heteroatoms. The van der Waals surface area contributed by atoms with Gasteiger partial charge in [0.2, 0.25) is 0 Å². The van der Waals surface area contributed by atoms with Gasteiger partial charge in [-0.3, -0.25) is 9.88 Å². The second-order valence-corrected chi connectivity index (χ2v) is 6.33. The highest BCUT2D eigenvalue weighted by Crippen LogP contribution is 2.33. The smallest absolute Gasteiger partial charge is 0.395 e. The predicted molar refractivity (Wildman–Crippen MR) is 91.7 cm³/mol. The first kappa shape index (κ1) is 17.9. The summed E-state index contributed by atoms with van der Waals surface area (Å²) in [5.41, 5.74) is 0.593. The van der Waals surface area contributed by atoms with Crippen molar-refractivity contribution in [2.75, 3.05) is 37.7 Å². The molecule has 1 fully saturated rings. The molecule has 0 aliphatic carbocycles. The highest BCUT2D eigenvalue weighted by atomic mass is 19.4. The summed E-state index contributed by atoms with van der Waals surface area (Å²) in [5.74, 6) is 0. The van der Waals surface area contributed by atoms with Crippen molar-refractivity contribution < 1.29 is 18.3 Å². The maximum absolute atomic E-state index is 12.9. The van der Waals surface area contributed by atoms with Crippen LogP contribution in [0.2, 0.25) is 0 Å². The average molecular weight is 353 g/mol. The first-order valence-electron chi connectivity index (χ1n) is 8.50. The van der Waals surface area contributed by atoms with Crippen LogP contribution in [0.15, 0.2) is 30.5 Å². The number of benzene rings is 1. The zero-order valence-corrected chi connectivity index (χ0v) is 14.1.